The van der Waals surface area contributed by atoms with Crippen LogP contribution in [0.1, 0.15) is 19.3 Å². The van der Waals surface area contributed by atoms with Crippen molar-refractivity contribution in [3.63, 3.8) is 0 Å². The molecular formula is C9H11B2O. The molecule has 1 aliphatic carbocycles. The maximum atomic E-state index is 10.5. The van der Waals surface area contributed by atoms with Gasteiger partial charge in [-0.25, -0.2) is 0 Å². The monoisotopic (exact) mass is 157 g/mol. The maximum absolute atomic E-state index is 10.5. The number of carbonyl (C=O) groups excluding carboxylic acids is 1. The molecule has 1 atom stereocenters. The van der Waals surface area contributed by atoms with Crippen molar-refractivity contribution >= 4 is 21.2 Å². The lowest BCUT2D eigenvalue weighted by atomic mass is 9.45. The fourth-order valence-corrected chi connectivity index (χ4v) is 1.32. The van der Waals surface area contributed by atoms with Crippen molar-refractivity contribution in [1.29, 1.82) is 0 Å². The van der Waals surface area contributed by atoms with Crippen LogP contribution in [0.5, 0.6) is 0 Å². The van der Waals surface area contributed by atoms with Gasteiger partial charge in [0.05, 0.1) is 7.17 Å². The number of hydrogen-bond donors (Lipinski definition) is 0. The molecule has 3 heteroatoms. The Morgan fingerprint density at radius 1 is 1.67 bits per heavy atom. The molecule has 0 heterocycles. The molecule has 1 rings (SSSR count). The van der Waals surface area contributed by atoms with Crippen molar-refractivity contribution in [1.82, 2.24) is 0 Å². The molecule has 0 saturated carbocycles. The van der Waals surface area contributed by atoms with Crippen LogP contribution in [0.4, 0.5) is 0 Å². The summed E-state index contributed by atoms with van der Waals surface area (Å²) < 4.78 is 0. The lowest BCUT2D eigenvalue weighted by Gasteiger charge is -2.14. The fourth-order valence-electron chi connectivity index (χ4n) is 1.32. The van der Waals surface area contributed by atoms with Crippen LogP contribution >= 0.6 is 0 Å². The van der Waals surface area contributed by atoms with Gasteiger partial charge in [-0.2, -0.15) is 0 Å². The first-order valence-corrected chi connectivity index (χ1v) is 4.22. The molecule has 12 heavy (non-hydrogen) atoms. The average molecular weight is 157 g/mol. The van der Waals surface area contributed by atoms with E-state index in [1.807, 2.05) is 12.2 Å². The molecule has 1 unspecified atom stereocenters. The number of carbonyl (C=O) groups is 1. The van der Waals surface area contributed by atoms with Crippen molar-refractivity contribution < 1.29 is 4.79 Å². The SMILES string of the molecule is [B][B]C1CCC=C/C=C(/C=O)C1. The van der Waals surface area contributed by atoms with Crippen LogP contribution in [0.2, 0.25) is 5.82 Å². The third kappa shape index (κ3) is 2.72. The summed E-state index contributed by atoms with van der Waals surface area (Å²) in [5.41, 5.74) is 0.831. The van der Waals surface area contributed by atoms with Gasteiger partial charge in [0.15, 0.2) is 0 Å². The number of hydrogen-bond acceptors (Lipinski definition) is 1. The summed E-state index contributed by atoms with van der Waals surface area (Å²) in [5, 5.41) is 0. The maximum Gasteiger partial charge on any atom is 0.146 e. The summed E-state index contributed by atoms with van der Waals surface area (Å²) >= 11 is 0. The van der Waals surface area contributed by atoms with Gasteiger partial charge in [0.1, 0.15) is 6.29 Å². The second kappa shape index (κ2) is 5.02. The van der Waals surface area contributed by atoms with Crippen molar-refractivity contribution in [2.24, 2.45) is 0 Å². The molecule has 0 spiro atoms. The van der Waals surface area contributed by atoms with Gasteiger partial charge in [-0.3, -0.25) is 4.79 Å². The van der Waals surface area contributed by atoms with Gasteiger partial charge in [0, 0.05) is 7.74 Å². The molecule has 0 aliphatic heterocycles. The zero-order chi connectivity index (χ0) is 8.81. The minimum Gasteiger partial charge on any atom is -0.298 e. The molecule has 1 nitrogen and oxygen atoms in total. The van der Waals surface area contributed by atoms with Crippen LogP contribution < -0.4 is 0 Å². The molecule has 0 aromatic rings. The molecule has 1 aliphatic rings. The smallest absolute Gasteiger partial charge is 0.146 e. The first kappa shape index (κ1) is 9.37. The van der Waals surface area contributed by atoms with Gasteiger partial charge < -0.3 is 0 Å². The van der Waals surface area contributed by atoms with Gasteiger partial charge in [-0.05, 0) is 18.4 Å². The van der Waals surface area contributed by atoms with E-state index in [9.17, 15) is 4.79 Å². The molecule has 0 aromatic heterocycles. The Hall–Kier alpha value is -0.720. The molecule has 0 N–H and O–H groups in total. The molecular weight excluding hydrogens is 146 g/mol. The number of rotatable bonds is 2. The summed E-state index contributed by atoms with van der Waals surface area (Å²) in [6.07, 6.45) is 9.65. The summed E-state index contributed by atoms with van der Waals surface area (Å²) in [6, 6.07) is 0. The summed E-state index contributed by atoms with van der Waals surface area (Å²) in [4.78, 5) is 10.5. The molecule has 0 saturated heterocycles. The van der Waals surface area contributed by atoms with E-state index in [4.69, 9.17) is 7.74 Å². The minimum absolute atomic E-state index is 0.353. The van der Waals surface area contributed by atoms with Crippen molar-refractivity contribution in [3.8, 4) is 0 Å². The average Bonchev–Trinajstić information content (AvgIpc) is 2.05. The Morgan fingerprint density at radius 2 is 2.50 bits per heavy atom. The van der Waals surface area contributed by atoms with E-state index in [1.54, 1.807) is 7.17 Å². The Labute approximate surface area is 75.6 Å². The van der Waals surface area contributed by atoms with Crippen LogP contribution in [0.3, 0.4) is 0 Å². The van der Waals surface area contributed by atoms with Gasteiger partial charge >= 0.3 is 0 Å². The Balaban J connectivity index is 2.63. The minimum atomic E-state index is 0.353. The van der Waals surface area contributed by atoms with Crippen LogP contribution in [0.25, 0.3) is 0 Å². The normalized spacial score (nSPS) is 28.0. The second-order valence-corrected chi connectivity index (χ2v) is 3.02. The van der Waals surface area contributed by atoms with E-state index in [-0.39, 0.29) is 0 Å². The van der Waals surface area contributed by atoms with Gasteiger partial charge in [-0.15, -0.1) is 0 Å². The highest BCUT2D eigenvalue weighted by atomic mass is 16.1. The third-order valence-corrected chi connectivity index (χ3v) is 2.07. The Morgan fingerprint density at radius 3 is 3.17 bits per heavy atom. The molecule has 0 bridgehead atoms. The standard InChI is InChI=1S/C9H11B2O/c10-11-9-5-3-1-2-4-8(6-9)7-12/h1-2,4,7,9H,3,5-6H2/b2-1?,8-4+. The summed E-state index contributed by atoms with van der Waals surface area (Å²) in [5.74, 6) is 0.353. The number of allylic oxidation sites excluding steroid dienone is 4. The molecule has 59 valence electrons. The van der Waals surface area contributed by atoms with Crippen molar-refractivity contribution in [2.45, 2.75) is 25.1 Å². The van der Waals surface area contributed by atoms with Crippen molar-refractivity contribution in [3.05, 3.63) is 23.8 Å². The highest BCUT2D eigenvalue weighted by molar-refractivity contribution is 6.90. The van der Waals surface area contributed by atoms with E-state index in [2.05, 4.69) is 6.08 Å². The molecule has 0 aromatic carbocycles. The number of aldehydes is 1. The lowest BCUT2D eigenvalue weighted by Crippen LogP contribution is -2.06. The largest absolute Gasteiger partial charge is 0.298 e. The highest BCUT2D eigenvalue weighted by Crippen LogP contribution is 2.22. The highest BCUT2D eigenvalue weighted by Gasteiger charge is 2.08. The predicted octanol–water partition coefficient (Wildman–Crippen LogP) is 1.43. The van der Waals surface area contributed by atoms with E-state index >= 15 is 0 Å². The van der Waals surface area contributed by atoms with Gasteiger partial charge in [0.2, 0.25) is 0 Å². The molecule has 3 radical (unpaired) electrons. The topological polar surface area (TPSA) is 17.1 Å². The lowest BCUT2D eigenvalue weighted by molar-refractivity contribution is -0.105. The fraction of sp³-hybridized carbons (Fsp3) is 0.444. The van der Waals surface area contributed by atoms with E-state index in [1.165, 1.54) is 0 Å². The third-order valence-electron chi connectivity index (χ3n) is 2.07. The van der Waals surface area contributed by atoms with Crippen LogP contribution in [-0.2, 0) is 4.79 Å². The summed E-state index contributed by atoms with van der Waals surface area (Å²) in [7, 11) is 7.14. The predicted molar refractivity (Wildman–Crippen MR) is 52.4 cm³/mol. The molecule has 0 fully saturated rings. The second-order valence-electron chi connectivity index (χ2n) is 3.02. The first-order chi connectivity index (χ1) is 5.86. The van der Waals surface area contributed by atoms with Crippen LogP contribution in [0.15, 0.2) is 23.8 Å². The zero-order valence-electron chi connectivity index (χ0n) is 7.07. The zero-order valence-corrected chi connectivity index (χ0v) is 7.07. The van der Waals surface area contributed by atoms with Crippen LogP contribution in [0, 0.1) is 0 Å². The summed E-state index contributed by atoms with van der Waals surface area (Å²) in [6.45, 7) is 0. The quantitative estimate of drug-likeness (QED) is 0.437. The van der Waals surface area contributed by atoms with E-state index < -0.39 is 0 Å². The van der Waals surface area contributed by atoms with E-state index in [0.717, 1.165) is 31.1 Å². The first-order valence-electron chi connectivity index (χ1n) is 4.22. The molecule has 0 amide bonds. The Bertz CT molecular complexity index is 209. The van der Waals surface area contributed by atoms with Gasteiger partial charge in [-0.1, -0.05) is 30.5 Å². The van der Waals surface area contributed by atoms with Crippen LogP contribution in [-0.4, -0.2) is 21.2 Å². The van der Waals surface area contributed by atoms with Gasteiger partial charge in [0.25, 0.3) is 0 Å². The van der Waals surface area contributed by atoms with E-state index in [0.29, 0.717) is 5.82 Å². The van der Waals surface area contributed by atoms with Crippen molar-refractivity contribution in [2.75, 3.05) is 0 Å². The Kier molecular flexibility index (Phi) is 3.92.